The van der Waals surface area contributed by atoms with Crippen molar-refractivity contribution in [3.05, 3.63) is 144 Å². The maximum atomic E-state index is 15.5. The van der Waals surface area contributed by atoms with Gasteiger partial charge in [0.15, 0.2) is 0 Å². The van der Waals surface area contributed by atoms with E-state index in [1.54, 1.807) is 0 Å². The predicted molar refractivity (Wildman–Crippen MR) is 216 cm³/mol. The van der Waals surface area contributed by atoms with Gasteiger partial charge in [0.1, 0.15) is 5.75 Å². The summed E-state index contributed by atoms with van der Waals surface area (Å²) in [6.07, 6.45) is 2.49. The van der Waals surface area contributed by atoms with Crippen LogP contribution in [0.15, 0.2) is 127 Å². The van der Waals surface area contributed by atoms with Crippen molar-refractivity contribution in [3.63, 3.8) is 0 Å². The van der Waals surface area contributed by atoms with E-state index in [0.717, 1.165) is 40.3 Å². The second-order valence-electron chi connectivity index (χ2n) is 15.9. The molecule has 6 atom stereocenters. The van der Waals surface area contributed by atoms with E-state index in [1.165, 1.54) is 4.90 Å². The summed E-state index contributed by atoms with van der Waals surface area (Å²) < 4.78 is 5.52. The average molecular weight is 759 g/mol. The monoisotopic (exact) mass is 758 g/mol. The van der Waals surface area contributed by atoms with Crippen LogP contribution in [-0.4, -0.2) is 60.0 Å². The number of hydrazine groups is 1. The summed E-state index contributed by atoms with van der Waals surface area (Å²) in [5.74, 6) is -5.08. The highest BCUT2D eigenvalue weighted by atomic mass is 16.5. The Balaban J connectivity index is 1.12. The smallest absolute Gasteiger partial charge is 0.260 e. The number of anilines is 3. The molecule has 286 valence electrons. The number of allylic oxidation sites excluding steroid dienone is 2. The number of ether oxygens (including phenoxy) is 1. The van der Waals surface area contributed by atoms with Gasteiger partial charge >= 0.3 is 0 Å². The van der Waals surface area contributed by atoms with Gasteiger partial charge in [-0.2, -0.15) is 5.01 Å². The number of phenols is 1. The second-order valence-corrected chi connectivity index (χ2v) is 15.9. The van der Waals surface area contributed by atoms with E-state index in [0.29, 0.717) is 41.1 Å². The molecule has 3 heterocycles. The van der Waals surface area contributed by atoms with E-state index in [4.69, 9.17) is 4.74 Å². The number of benzene rings is 5. The Morgan fingerprint density at radius 3 is 2.19 bits per heavy atom. The number of phenolic OH excluding ortho intramolecular Hbond substituents is 1. The molecule has 2 N–H and O–H groups in total. The lowest BCUT2D eigenvalue weighted by Gasteiger charge is -2.50. The van der Waals surface area contributed by atoms with Gasteiger partial charge in [0, 0.05) is 35.6 Å². The third-order valence-corrected chi connectivity index (χ3v) is 13.1. The molecule has 0 bridgehead atoms. The molecular formula is C47H42N4O6. The SMILES string of the molecule is Cc1ccc(NN2C(=O)[C@@H]3C[C@@H]4C(=CC[C@@H]5C(=O)N(c6ccc(N7CCOCC7)cc6)C(=O)[C@@H]54)[C@H](c4ccc5ccccc5c4O)[C@]3(c3ccccc3)C2=O)cc1. The number of aromatic hydroxyl groups is 1. The molecule has 0 radical (unpaired) electrons. The lowest BCUT2D eigenvalue weighted by atomic mass is 9.49. The van der Waals surface area contributed by atoms with Crippen molar-refractivity contribution in [2.75, 3.05) is 41.5 Å². The van der Waals surface area contributed by atoms with E-state index in [9.17, 15) is 14.7 Å². The number of fused-ring (bicyclic) bond motifs is 5. The number of nitrogens with zero attached hydrogens (tertiary/aromatic N) is 3. The number of carbonyl (C=O) groups is 4. The van der Waals surface area contributed by atoms with E-state index >= 15 is 9.59 Å². The first-order chi connectivity index (χ1) is 27.8. The third kappa shape index (κ3) is 5.26. The zero-order chi connectivity index (χ0) is 39.0. The van der Waals surface area contributed by atoms with Gasteiger partial charge in [-0.3, -0.25) is 29.5 Å². The Bertz CT molecular complexity index is 2480. The van der Waals surface area contributed by atoms with Crippen molar-refractivity contribution in [1.29, 1.82) is 0 Å². The number of carbonyl (C=O) groups excluding carboxylic acids is 4. The lowest BCUT2D eigenvalue weighted by molar-refractivity contribution is -0.138. The molecule has 10 rings (SSSR count). The van der Waals surface area contributed by atoms with Gasteiger partial charge < -0.3 is 14.7 Å². The zero-order valence-corrected chi connectivity index (χ0v) is 31.5. The van der Waals surface area contributed by atoms with Crippen LogP contribution in [0.4, 0.5) is 17.1 Å². The standard InChI is InChI=1S/C47H42N4O6/c1-28-11-14-31(15-12-28)48-51-44(54)39-27-38-35(21-22-36-40(38)45(55)50(43(36)53)33-18-16-32(17-19-33)49-23-25-57-26-24-49)41(47(39,46(51)56)30-8-3-2-4-9-30)37-20-13-29-7-5-6-10-34(29)42(37)52/h2-21,36,38-41,48,52H,22-27H2,1H3/t36-,38+,39-,40-,41+,47+/m0/s1. The fourth-order valence-electron chi connectivity index (χ4n) is 10.5. The lowest BCUT2D eigenvalue weighted by Crippen LogP contribution is -2.53. The molecular weight excluding hydrogens is 717 g/mol. The van der Waals surface area contributed by atoms with Gasteiger partial charge in [0.25, 0.3) is 11.8 Å². The quantitative estimate of drug-likeness (QED) is 0.142. The molecule has 5 aromatic rings. The highest BCUT2D eigenvalue weighted by molar-refractivity contribution is 6.22. The van der Waals surface area contributed by atoms with Crippen molar-refractivity contribution >= 4 is 51.5 Å². The van der Waals surface area contributed by atoms with Crippen molar-refractivity contribution in [1.82, 2.24) is 5.01 Å². The minimum atomic E-state index is -1.48. The second kappa shape index (κ2) is 13.4. The third-order valence-electron chi connectivity index (χ3n) is 13.1. The van der Waals surface area contributed by atoms with Gasteiger partial charge in [0.05, 0.1) is 47.8 Å². The first-order valence-electron chi connectivity index (χ1n) is 19.8. The highest BCUT2D eigenvalue weighted by Crippen LogP contribution is 2.65. The molecule has 3 aliphatic heterocycles. The van der Waals surface area contributed by atoms with Crippen molar-refractivity contribution in [2.24, 2.45) is 23.7 Å². The van der Waals surface area contributed by atoms with Crippen molar-refractivity contribution in [3.8, 4) is 5.75 Å². The molecule has 5 aromatic carbocycles. The summed E-state index contributed by atoms with van der Waals surface area (Å²) in [4.78, 5) is 63.2. The number of imide groups is 2. The minimum absolute atomic E-state index is 0.0248. The molecule has 0 spiro atoms. The van der Waals surface area contributed by atoms with Gasteiger partial charge in [0.2, 0.25) is 11.8 Å². The molecule has 57 heavy (non-hydrogen) atoms. The van der Waals surface area contributed by atoms with Crippen LogP contribution in [0, 0.1) is 30.6 Å². The summed E-state index contributed by atoms with van der Waals surface area (Å²) in [5.41, 5.74) is 6.74. The summed E-state index contributed by atoms with van der Waals surface area (Å²) in [5, 5.41) is 14.8. The molecule has 10 heteroatoms. The molecule has 10 nitrogen and oxygen atoms in total. The van der Waals surface area contributed by atoms with E-state index in [2.05, 4.69) is 10.3 Å². The van der Waals surface area contributed by atoms with Crippen LogP contribution in [0.25, 0.3) is 10.8 Å². The molecule has 4 fully saturated rings. The average Bonchev–Trinajstić information content (AvgIpc) is 3.63. The predicted octanol–water partition coefficient (Wildman–Crippen LogP) is 6.88. The molecule has 1 saturated carbocycles. The van der Waals surface area contributed by atoms with Gasteiger partial charge in [-0.15, -0.1) is 0 Å². The Labute approximate surface area is 330 Å². The van der Waals surface area contributed by atoms with E-state index in [-0.39, 0.29) is 30.4 Å². The van der Waals surface area contributed by atoms with Gasteiger partial charge in [-0.25, -0.2) is 0 Å². The molecule has 2 aliphatic carbocycles. The topological polar surface area (TPSA) is 119 Å². The summed E-state index contributed by atoms with van der Waals surface area (Å²) in [7, 11) is 0. The number of aryl methyl sites for hydroxylation is 1. The van der Waals surface area contributed by atoms with E-state index in [1.807, 2.05) is 128 Å². The number of hydrogen-bond donors (Lipinski definition) is 2. The first kappa shape index (κ1) is 35.2. The van der Waals surface area contributed by atoms with Crippen molar-refractivity contribution in [2.45, 2.75) is 31.1 Å². The maximum Gasteiger partial charge on any atom is 0.260 e. The molecule has 0 unspecified atom stereocenters. The molecule has 5 aliphatic rings. The Morgan fingerprint density at radius 1 is 0.737 bits per heavy atom. The van der Waals surface area contributed by atoms with Crippen LogP contribution in [0.3, 0.4) is 0 Å². The maximum absolute atomic E-state index is 15.5. The Kier molecular flexibility index (Phi) is 8.30. The number of morpholine rings is 1. The van der Waals surface area contributed by atoms with Crippen LogP contribution >= 0.6 is 0 Å². The highest BCUT2D eigenvalue weighted by Gasteiger charge is 2.70. The number of nitrogens with one attached hydrogen (secondary N) is 1. The molecule has 0 aromatic heterocycles. The molecule has 3 saturated heterocycles. The van der Waals surface area contributed by atoms with Gasteiger partial charge in [-0.1, -0.05) is 96.1 Å². The number of rotatable bonds is 6. The fourth-order valence-corrected chi connectivity index (χ4v) is 10.5. The van der Waals surface area contributed by atoms with Crippen LogP contribution in [0.5, 0.6) is 5.75 Å². The molecule has 4 amide bonds. The first-order valence-corrected chi connectivity index (χ1v) is 19.8. The Morgan fingerprint density at radius 2 is 1.44 bits per heavy atom. The normalized spacial score (nSPS) is 27.0. The van der Waals surface area contributed by atoms with Crippen LogP contribution in [-0.2, 0) is 29.3 Å². The number of hydrogen-bond acceptors (Lipinski definition) is 8. The minimum Gasteiger partial charge on any atom is -0.507 e. The summed E-state index contributed by atoms with van der Waals surface area (Å²) >= 11 is 0. The fraction of sp³-hybridized carbons (Fsp3) is 0.277. The van der Waals surface area contributed by atoms with E-state index < -0.39 is 46.8 Å². The van der Waals surface area contributed by atoms with Crippen LogP contribution in [0.2, 0.25) is 0 Å². The largest absolute Gasteiger partial charge is 0.507 e. The van der Waals surface area contributed by atoms with Gasteiger partial charge in [-0.05, 0) is 73.0 Å². The number of amides is 4. The summed E-state index contributed by atoms with van der Waals surface area (Å²) in [6.45, 7) is 4.78. The van der Waals surface area contributed by atoms with Crippen molar-refractivity contribution < 1.29 is 29.0 Å². The van der Waals surface area contributed by atoms with Crippen LogP contribution < -0.4 is 15.2 Å². The zero-order valence-electron chi connectivity index (χ0n) is 31.5. The van der Waals surface area contributed by atoms with Crippen LogP contribution in [0.1, 0.15) is 35.4 Å². The summed E-state index contributed by atoms with van der Waals surface area (Å²) in [6, 6.07) is 35.7. The Hall–Kier alpha value is -6.26.